The quantitative estimate of drug-likeness (QED) is 0.415. The summed E-state index contributed by atoms with van der Waals surface area (Å²) in [5, 5.41) is 0. The lowest BCUT2D eigenvalue weighted by molar-refractivity contribution is -0.136. The van der Waals surface area contributed by atoms with Crippen LogP contribution in [-0.4, -0.2) is 27.5 Å². The molecule has 7 heteroatoms. The smallest absolute Gasteiger partial charge is 0.331 e. The number of hydrogen-bond acceptors (Lipinski definition) is 5. The molecule has 3 rings (SSSR count). The molecule has 0 bridgehead atoms. The van der Waals surface area contributed by atoms with Crippen molar-refractivity contribution in [1.82, 2.24) is 9.13 Å². The molecule has 1 aromatic carbocycles. The van der Waals surface area contributed by atoms with Crippen molar-refractivity contribution in [2.45, 2.75) is 38.0 Å². The number of carbonyl (C=O) groups is 2. The van der Waals surface area contributed by atoms with Crippen molar-refractivity contribution in [3.05, 3.63) is 74.1 Å². The van der Waals surface area contributed by atoms with Crippen LogP contribution in [-0.2, 0) is 23.6 Å². The van der Waals surface area contributed by atoms with Crippen molar-refractivity contribution in [3.8, 4) is 0 Å². The van der Waals surface area contributed by atoms with Crippen molar-refractivity contribution in [3.63, 3.8) is 0 Å². The molecule has 1 saturated carbocycles. The molecule has 30 heavy (non-hydrogen) atoms. The number of Topliss-reactive ketones (excluding diaryl/α,β-unsaturated/α-hetero) is 1. The first-order valence-electron chi connectivity index (χ1n) is 10.1. The number of rotatable bonds is 6. The van der Waals surface area contributed by atoms with Gasteiger partial charge < -0.3 is 9.30 Å². The van der Waals surface area contributed by atoms with Gasteiger partial charge in [0.25, 0.3) is 5.56 Å². The van der Waals surface area contributed by atoms with Crippen LogP contribution in [0.2, 0.25) is 0 Å². The summed E-state index contributed by atoms with van der Waals surface area (Å²) in [6.45, 7) is -0.378. The van der Waals surface area contributed by atoms with E-state index in [0.717, 1.165) is 10.6 Å². The van der Waals surface area contributed by atoms with E-state index in [2.05, 4.69) is 0 Å². The summed E-state index contributed by atoms with van der Waals surface area (Å²) in [7, 11) is 2.87. The average Bonchev–Trinajstić information content (AvgIpc) is 2.78. The predicted octanol–water partition coefficient (Wildman–Crippen LogP) is 2.57. The van der Waals surface area contributed by atoms with E-state index in [-0.39, 0.29) is 18.0 Å². The second-order valence-corrected chi connectivity index (χ2v) is 7.66. The Bertz CT molecular complexity index is 1070. The molecule has 0 N–H and O–H groups in total. The number of esters is 1. The van der Waals surface area contributed by atoms with Crippen molar-refractivity contribution in [1.29, 1.82) is 0 Å². The highest BCUT2D eigenvalue weighted by Crippen LogP contribution is 2.32. The topological polar surface area (TPSA) is 87.4 Å². The fourth-order valence-electron chi connectivity index (χ4n) is 3.75. The number of aromatic nitrogens is 2. The van der Waals surface area contributed by atoms with Crippen molar-refractivity contribution in [2.75, 3.05) is 6.61 Å². The molecule has 2 aromatic rings. The number of hydrogen-bond donors (Lipinski definition) is 0. The van der Waals surface area contributed by atoms with Crippen LogP contribution >= 0.6 is 0 Å². The Hall–Kier alpha value is -3.22. The SMILES string of the molecule is Cn1cc(/C=C/C(=O)OCC(=O)c2ccc(C3CCCCC3)cc2)c(=O)n(C)c1=O. The van der Waals surface area contributed by atoms with Crippen LogP contribution in [0.5, 0.6) is 0 Å². The first-order chi connectivity index (χ1) is 14.4. The van der Waals surface area contributed by atoms with E-state index in [1.807, 2.05) is 12.1 Å². The lowest BCUT2D eigenvalue weighted by atomic mass is 9.84. The Morgan fingerprint density at radius 1 is 1.07 bits per heavy atom. The van der Waals surface area contributed by atoms with Gasteiger partial charge in [-0.1, -0.05) is 43.5 Å². The molecule has 0 saturated heterocycles. The average molecular weight is 410 g/mol. The minimum absolute atomic E-state index is 0.168. The van der Waals surface area contributed by atoms with Gasteiger partial charge in [-0.05, 0) is 30.4 Å². The Labute approximate surface area is 174 Å². The van der Waals surface area contributed by atoms with Crippen LogP contribution in [0, 0.1) is 0 Å². The zero-order valence-corrected chi connectivity index (χ0v) is 17.3. The molecule has 7 nitrogen and oxygen atoms in total. The first kappa shape index (κ1) is 21.5. The summed E-state index contributed by atoms with van der Waals surface area (Å²) in [4.78, 5) is 47.9. The molecule has 0 aliphatic heterocycles. The molecule has 0 radical (unpaired) electrons. The minimum atomic E-state index is -0.738. The fourth-order valence-corrected chi connectivity index (χ4v) is 3.75. The van der Waals surface area contributed by atoms with Gasteiger partial charge in [-0.2, -0.15) is 0 Å². The van der Waals surface area contributed by atoms with Crippen LogP contribution in [0.25, 0.3) is 6.08 Å². The van der Waals surface area contributed by atoms with Gasteiger partial charge >= 0.3 is 11.7 Å². The summed E-state index contributed by atoms with van der Waals surface area (Å²) in [5.41, 5.74) is 0.945. The third-order valence-corrected chi connectivity index (χ3v) is 5.53. The Morgan fingerprint density at radius 3 is 2.40 bits per heavy atom. The molecule has 1 aliphatic carbocycles. The van der Waals surface area contributed by atoms with Gasteiger partial charge in [-0.3, -0.25) is 14.2 Å². The number of aryl methyl sites for hydroxylation is 1. The van der Waals surface area contributed by atoms with Gasteiger partial charge in [-0.15, -0.1) is 0 Å². The number of benzene rings is 1. The molecule has 0 spiro atoms. The lowest BCUT2D eigenvalue weighted by Crippen LogP contribution is -2.37. The number of nitrogens with zero attached hydrogens (tertiary/aromatic N) is 2. The molecule has 0 unspecified atom stereocenters. The van der Waals surface area contributed by atoms with E-state index in [0.29, 0.717) is 11.5 Å². The summed E-state index contributed by atoms with van der Waals surface area (Å²) < 4.78 is 7.19. The van der Waals surface area contributed by atoms with Gasteiger partial charge in [0.1, 0.15) is 0 Å². The second-order valence-electron chi connectivity index (χ2n) is 7.66. The van der Waals surface area contributed by atoms with Gasteiger partial charge in [0.15, 0.2) is 12.4 Å². The lowest BCUT2D eigenvalue weighted by Gasteiger charge is -2.22. The summed E-state index contributed by atoms with van der Waals surface area (Å²) >= 11 is 0. The normalized spacial score (nSPS) is 14.7. The monoisotopic (exact) mass is 410 g/mol. The highest BCUT2D eigenvalue weighted by molar-refractivity contribution is 5.98. The maximum Gasteiger partial charge on any atom is 0.331 e. The molecule has 1 aromatic heterocycles. The molecule has 1 heterocycles. The molecule has 1 aliphatic rings. The summed E-state index contributed by atoms with van der Waals surface area (Å²) in [6.07, 6.45) is 9.86. The van der Waals surface area contributed by atoms with E-state index in [1.54, 1.807) is 12.1 Å². The highest BCUT2D eigenvalue weighted by atomic mass is 16.5. The van der Waals surface area contributed by atoms with Crippen LogP contribution in [0.3, 0.4) is 0 Å². The molecule has 1 fully saturated rings. The van der Waals surface area contributed by atoms with Gasteiger partial charge in [0, 0.05) is 31.9 Å². The maximum atomic E-state index is 12.3. The Morgan fingerprint density at radius 2 is 1.73 bits per heavy atom. The third-order valence-electron chi connectivity index (χ3n) is 5.53. The van der Waals surface area contributed by atoms with Crippen molar-refractivity contribution >= 4 is 17.8 Å². The van der Waals surface area contributed by atoms with Gasteiger partial charge in [0.05, 0.1) is 5.56 Å². The number of ketones is 1. The fraction of sp³-hybridized carbons (Fsp3) is 0.391. The Balaban J connectivity index is 1.57. The van der Waals surface area contributed by atoms with E-state index in [9.17, 15) is 19.2 Å². The number of ether oxygens (including phenoxy) is 1. The standard InChI is InChI=1S/C23H26N2O5/c1-24-14-19(22(28)25(2)23(24)29)12-13-21(27)30-15-20(26)18-10-8-17(9-11-18)16-6-4-3-5-7-16/h8-14,16H,3-7,15H2,1-2H3/b13-12+. The zero-order valence-electron chi connectivity index (χ0n) is 17.3. The van der Waals surface area contributed by atoms with Gasteiger partial charge in [-0.25, -0.2) is 9.59 Å². The second kappa shape index (κ2) is 9.52. The third kappa shape index (κ3) is 5.03. The minimum Gasteiger partial charge on any atom is -0.454 e. The van der Waals surface area contributed by atoms with E-state index < -0.39 is 17.2 Å². The van der Waals surface area contributed by atoms with Crippen molar-refractivity contribution in [2.24, 2.45) is 14.1 Å². The molecule has 0 atom stereocenters. The molecular weight excluding hydrogens is 384 g/mol. The number of carbonyl (C=O) groups excluding carboxylic acids is 2. The first-order valence-corrected chi connectivity index (χ1v) is 10.1. The zero-order chi connectivity index (χ0) is 21.7. The van der Waals surface area contributed by atoms with Crippen LogP contribution in [0.1, 0.15) is 59.5 Å². The highest BCUT2D eigenvalue weighted by Gasteiger charge is 2.16. The van der Waals surface area contributed by atoms with E-state index >= 15 is 0 Å². The summed E-state index contributed by atoms with van der Waals surface area (Å²) in [5.74, 6) is -0.459. The van der Waals surface area contributed by atoms with Crippen LogP contribution < -0.4 is 11.2 Å². The molecule has 0 amide bonds. The molecule has 158 valence electrons. The van der Waals surface area contributed by atoms with E-state index in [4.69, 9.17) is 4.74 Å². The maximum absolute atomic E-state index is 12.3. The summed E-state index contributed by atoms with van der Waals surface area (Å²) in [6, 6.07) is 7.54. The Kier molecular flexibility index (Phi) is 6.82. The largest absolute Gasteiger partial charge is 0.454 e. The van der Waals surface area contributed by atoms with Gasteiger partial charge in [0.2, 0.25) is 0 Å². The van der Waals surface area contributed by atoms with Crippen LogP contribution in [0.15, 0.2) is 46.1 Å². The van der Waals surface area contributed by atoms with Crippen LogP contribution in [0.4, 0.5) is 0 Å². The molecular formula is C23H26N2O5. The van der Waals surface area contributed by atoms with E-state index in [1.165, 1.54) is 68.6 Å². The van der Waals surface area contributed by atoms with Crippen molar-refractivity contribution < 1.29 is 14.3 Å². The predicted molar refractivity (Wildman–Crippen MR) is 114 cm³/mol.